The quantitative estimate of drug-likeness (QED) is 0.0379. The van der Waals surface area contributed by atoms with Gasteiger partial charge in [0.15, 0.2) is 0 Å². The van der Waals surface area contributed by atoms with Gasteiger partial charge in [-0.25, -0.2) is 15.0 Å². The van der Waals surface area contributed by atoms with Gasteiger partial charge in [0.1, 0.15) is 6.54 Å². The van der Waals surface area contributed by atoms with Crippen molar-refractivity contribution in [1.29, 1.82) is 0 Å². The Morgan fingerprint density at radius 2 is 0.865 bits per heavy atom. The van der Waals surface area contributed by atoms with E-state index in [0.29, 0.717) is 5.96 Å². The van der Waals surface area contributed by atoms with Gasteiger partial charge in [0, 0.05) is 6.54 Å². The van der Waals surface area contributed by atoms with Crippen LogP contribution in [0.25, 0.3) is 0 Å². The van der Waals surface area contributed by atoms with Crippen LogP contribution in [0.1, 0.15) is 175 Å². The highest BCUT2D eigenvalue weighted by molar-refractivity contribution is 5.76. The van der Waals surface area contributed by atoms with E-state index in [2.05, 4.69) is 38.2 Å². The summed E-state index contributed by atoms with van der Waals surface area (Å²) in [5, 5.41) is 0. The first kappa shape index (κ1) is 38.7. The maximum Gasteiger partial charge on any atom is 0.235 e. The molecule has 0 radical (unpaired) electrons. The van der Waals surface area contributed by atoms with E-state index in [0.717, 1.165) is 30.6 Å². The molecular weight excluding hydrogens is 476 g/mol. The van der Waals surface area contributed by atoms with E-state index >= 15 is 0 Å². The van der Waals surface area contributed by atoms with Gasteiger partial charge < -0.3 is 18.1 Å². The van der Waals surface area contributed by atoms with Crippen molar-refractivity contribution in [2.24, 2.45) is 10.7 Å². The number of rotatable bonds is 28. The second kappa shape index (κ2) is 30.1. The zero-order valence-electron chi connectivity index (χ0n) is 25.9. The van der Waals surface area contributed by atoms with E-state index < -0.39 is 0 Å². The lowest BCUT2D eigenvalue weighted by Gasteiger charge is -2.33. The Morgan fingerprint density at radius 3 is 1.22 bits per heavy atom. The number of quaternary nitrogens is 1. The van der Waals surface area contributed by atoms with Crippen LogP contribution in [0.3, 0.4) is 0 Å². The standard InChI is InChI=1S/C32H69N4.ClH/c1-5-8-10-12-14-16-18-20-22-24-26-28-30-34-32(33)35-36(4,7-3)31-29-27-25-23-21-19-17-15-13-11-9-6-2;/h5-31H2,1-4H3,(H3,33,34,35);1H/q+1;/p-1. The van der Waals surface area contributed by atoms with Crippen LogP contribution in [-0.4, -0.2) is 37.2 Å². The number of hydrogen-bond donors (Lipinski definition) is 2. The number of hydrogen-bond acceptors (Lipinski definition) is 1. The average molecular weight is 545 g/mol. The van der Waals surface area contributed by atoms with Crippen LogP contribution in [0.15, 0.2) is 4.99 Å². The predicted molar refractivity (Wildman–Crippen MR) is 163 cm³/mol. The van der Waals surface area contributed by atoms with Gasteiger partial charge in [0.2, 0.25) is 5.96 Å². The van der Waals surface area contributed by atoms with Gasteiger partial charge in [-0.1, -0.05) is 149 Å². The van der Waals surface area contributed by atoms with E-state index in [-0.39, 0.29) is 12.4 Å². The minimum atomic E-state index is 0. The van der Waals surface area contributed by atoms with E-state index in [4.69, 9.17) is 5.73 Å². The topological polar surface area (TPSA) is 50.4 Å². The summed E-state index contributed by atoms with van der Waals surface area (Å²) in [7, 11) is 2.25. The molecule has 0 bridgehead atoms. The molecule has 0 aromatic carbocycles. The Morgan fingerprint density at radius 1 is 0.541 bits per heavy atom. The van der Waals surface area contributed by atoms with E-state index in [1.54, 1.807) is 0 Å². The normalized spacial score (nSPS) is 13.4. The van der Waals surface area contributed by atoms with E-state index in [1.807, 2.05) is 0 Å². The molecule has 0 aromatic rings. The number of guanidine groups is 1. The van der Waals surface area contributed by atoms with Crippen LogP contribution in [0, 0.1) is 0 Å². The first-order chi connectivity index (χ1) is 17.6. The first-order valence-corrected chi connectivity index (χ1v) is 16.5. The maximum atomic E-state index is 6.23. The summed E-state index contributed by atoms with van der Waals surface area (Å²) >= 11 is 0. The van der Waals surface area contributed by atoms with Crippen molar-refractivity contribution in [3.63, 3.8) is 0 Å². The number of nitrogens with zero attached hydrogens (tertiary/aromatic N) is 2. The Balaban J connectivity index is 0. The fourth-order valence-corrected chi connectivity index (χ4v) is 5.06. The van der Waals surface area contributed by atoms with E-state index in [9.17, 15) is 0 Å². The molecule has 0 rings (SSSR count). The van der Waals surface area contributed by atoms with Crippen molar-refractivity contribution in [3.05, 3.63) is 0 Å². The summed E-state index contributed by atoms with van der Waals surface area (Å²) in [6.07, 6.45) is 33.3. The van der Waals surface area contributed by atoms with Crippen LogP contribution in [0.2, 0.25) is 0 Å². The molecule has 0 fully saturated rings. The minimum absolute atomic E-state index is 0. The second-order valence-electron chi connectivity index (χ2n) is 11.6. The van der Waals surface area contributed by atoms with Crippen molar-refractivity contribution in [2.45, 2.75) is 175 Å². The SMILES string of the molecule is CCCCCCCCCCCCCCN=C(N)N[N+](C)(CC)CCCCCCCCCCCCCC.[Cl-]. The van der Waals surface area contributed by atoms with Gasteiger partial charge in [-0.15, -0.1) is 0 Å². The molecule has 0 aliphatic heterocycles. The second-order valence-corrected chi connectivity index (χ2v) is 11.6. The molecule has 0 spiro atoms. The molecular formula is C32H69ClN4. The molecule has 3 N–H and O–H groups in total. The van der Waals surface area contributed by atoms with Crippen molar-refractivity contribution in [3.8, 4) is 0 Å². The number of nitrogens with two attached hydrogens (primary N) is 1. The monoisotopic (exact) mass is 545 g/mol. The highest BCUT2D eigenvalue weighted by atomic mass is 35.5. The molecule has 0 aliphatic carbocycles. The van der Waals surface area contributed by atoms with Gasteiger partial charge in [0.05, 0.1) is 13.6 Å². The van der Waals surface area contributed by atoms with Crippen molar-refractivity contribution >= 4 is 5.96 Å². The summed E-state index contributed by atoms with van der Waals surface area (Å²) in [6.45, 7) is 9.85. The van der Waals surface area contributed by atoms with Crippen LogP contribution < -0.4 is 23.6 Å². The molecule has 0 heterocycles. The molecule has 4 nitrogen and oxygen atoms in total. The van der Waals surface area contributed by atoms with Crippen LogP contribution >= 0.6 is 0 Å². The number of nitrogens with one attached hydrogen (secondary N) is 1. The third-order valence-electron chi connectivity index (χ3n) is 7.88. The number of aliphatic imine (C=N–C) groups is 1. The number of unbranched alkanes of at least 4 members (excludes halogenated alkanes) is 22. The molecule has 1 atom stereocenters. The lowest BCUT2D eigenvalue weighted by atomic mass is 10.1. The zero-order valence-corrected chi connectivity index (χ0v) is 26.7. The molecule has 5 heteroatoms. The van der Waals surface area contributed by atoms with Crippen LogP contribution in [-0.2, 0) is 0 Å². The third-order valence-corrected chi connectivity index (χ3v) is 7.88. The molecule has 37 heavy (non-hydrogen) atoms. The van der Waals surface area contributed by atoms with Crippen molar-refractivity contribution in [1.82, 2.24) is 5.43 Å². The Bertz CT molecular complexity index is 472. The maximum absolute atomic E-state index is 6.23. The average Bonchev–Trinajstić information content (AvgIpc) is 2.87. The lowest BCUT2D eigenvalue weighted by molar-refractivity contribution is -0.941. The largest absolute Gasteiger partial charge is 1.00 e. The van der Waals surface area contributed by atoms with Gasteiger partial charge >= 0.3 is 0 Å². The molecule has 0 aromatic heterocycles. The van der Waals surface area contributed by atoms with Crippen LogP contribution in [0.5, 0.6) is 0 Å². The molecule has 0 amide bonds. The highest BCUT2D eigenvalue weighted by Gasteiger charge is 2.19. The summed E-state index contributed by atoms with van der Waals surface area (Å²) in [4.78, 5) is 4.62. The molecule has 224 valence electrons. The molecule has 0 saturated carbocycles. The summed E-state index contributed by atoms with van der Waals surface area (Å²) in [5.74, 6) is 0.626. The summed E-state index contributed by atoms with van der Waals surface area (Å²) in [6, 6.07) is 0. The fourth-order valence-electron chi connectivity index (χ4n) is 5.06. The third kappa shape index (κ3) is 28.4. The highest BCUT2D eigenvalue weighted by Crippen LogP contribution is 2.13. The van der Waals surface area contributed by atoms with E-state index in [1.165, 1.54) is 148 Å². The summed E-state index contributed by atoms with van der Waals surface area (Å²) < 4.78 is 0.797. The summed E-state index contributed by atoms with van der Waals surface area (Å²) in [5.41, 5.74) is 9.73. The zero-order chi connectivity index (χ0) is 26.6. The molecule has 0 saturated heterocycles. The smallest absolute Gasteiger partial charge is 0.235 e. The van der Waals surface area contributed by atoms with Gasteiger partial charge in [-0.3, -0.25) is 0 Å². The Hall–Kier alpha value is -0.480. The Labute approximate surface area is 240 Å². The van der Waals surface area contributed by atoms with Gasteiger partial charge in [-0.2, -0.15) is 0 Å². The van der Waals surface area contributed by atoms with Crippen LogP contribution in [0.4, 0.5) is 0 Å². The molecule has 1 unspecified atom stereocenters. The van der Waals surface area contributed by atoms with Crippen molar-refractivity contribution in [2.75, 3.05) is 26.7 Å². The first-order valence-electron chi connectivity index (χ1n) is 16.5. The van der Waals surface area contributed by atoms with Gasteiger partial charge in [0.25, 0.3) is 0 Å². The van der Waals surface area contributed by atoms with Crippen molar-refractivity contribution < 1.29 is 17.0 Å². The molecule has 0 aliphatic rings. The predicted octanol–water partition coefficient (Wildman–Crippen LogP) is 6.68. The fraction of sp³-hybridized carbons (Fsp3) is 0.969. The minimum Gasteiger partial charge on any atom is -1.00 e. The Kier molecular flexibility index (Phi) is 31.4. The van der Waals surface area contributed by atoms with Gasteiger partial charge in [-0.05, 0) is 26.2 Å². The lowest BCUT2D eigenvalue weighted by Crippen LogP contribution is -3.00. The number of halogens is 1.